The number of hydrogen-bond donors (Lipinski definition) is 2. The predicted octanol–water partition coefficient (Wildman–Crippen LogP) is 0.827. The highest BCUT2D eigenvalue weighted by atomic mass is 32.2. The van der Waals surface area contributed by atoms with Gasteiger partial charge in [0.15, 0.2) is 0 Å². The summed E-state index contributed by atoms with van der Waals surface area (Å²) in [4.78, 5) is 12.4. The zero-order chi connectivity index (χ0) is 18.1. The van der Waals surface area contributed by atoms with Crippen molar-refractivity contribution in [1.29, 1.82) is 0 Å². The highest BCUT2D eigenvalue weighted by Gasteiger charge is 2.25. The maximum Gasteiger partial charge on any atom is 0.251 e. The summed E-state index contributed by atoms with van der Waals surface area (Å²) < 4.78 is 32.3. The van der Waals surface area contributed by atoms with E-state index in [1.807, 2.05) is 6.92 Å². The second-order valence-corrected chi connectivity index (χ2v) is 7.78. The van der Waals surface area contributed by atoms with Crippen molar-refractivity contribution in [3.8, 4) is 0 Å². The van der Waals surface area contributed by atoms with E-state index < -0.39 is 10.0 Å². The first kappa shape index (κ1) is 19.8. The molecular weight excluding hydrogens is 342 g/mol. The molecule has 1 heterocycles. The number of benzene rings is 1. The third-order valence-corrected chi connectivity index (χ3v) is 5.88. The van der Waals surface area contributed by atoms with Crippen LogP contribution < -0.4 is 10.6 Å². The van der Waals surface area contributed by atoms with E-state index in [2.05, 4.69) is 10.6 Å². The molecule has 0 radical (unpaired) electrons. The number of nitrogens with zero attached hydrogens (tertiary/aromatic N) is 1. The minimum atomic E-state index is -3.58. The van der Waals surface area contributed by atoms with E-state index in [4.69, 9.17) is 4.74 Å². The van der Waals surface area contributed by atoms with Crippen molar-refractivity contribution in [3.63, 3.8) is 0 Å². The Bertz CT molecular complexity index is 656. The lowest BCUT2D eigenvalue weighted by Crippen LogP contribution is -2.34. The SMILES string of the molecule is CCOCCCNC(=O)c1cccc(S(=O)(=O)N2CCCNCC2)c1. The van der Waals surface area contributed by atoms with Crippen LogP contribution in [-0.4, -0.2) is 64.6 Å². The number of ether oxygens (including phenoxy) is 1. The second-order valence-electron chi connectivity index (χ2n) is 5.84. The number of hydrogen-bond acceptors (Lipinski definition) is 5. The van der Waals surface area contributed by atoms with Gasteiger partial charge in [-0.3, -0.25) is 4.79 Å². The highest BCUT2D eigenvalue weighted by Crippen LogP contribution is 2.18. The van der Waals surface area contributed by atoms with Crippen LogP contribution in [0.1, 0.15) is 30.1 Å². The van der Waals surface area contributed by atoms with Gasteiger partial charge in [-0.05, 0) is 44.5 Å². The van der Waals surface area contributed by atoms with E-state index in [9.17, 15) is 13.2 Å². The molecule has 25 heavy (non-hydrogen) atoms. The monoisotopic (exact) mass is 369 g/mol. The average Bonchev–Trinajstić information content (AvgIpc) is 2.91. The summed E-state index contributed by atoms with van der Waals surface area (Å²) in [5, 5.41) is 5.98. The summed E-state index contributed by atoms with van der Waals surface area (Å²) in [6.45, 7) is 6.04. The Morgan fingerprint density at radius 2 is 2.16 bits per heavy atom. The smallest absolute Gasteiger partial charge is 0.251 e. The largest absolute Gasteiger partial charge is 0.382 e. The molecule has 1 fully saturated rings. The molecule has 1 aromatic rings. The number of nitrogens with one attached hydrogen (secondary N) is 2. The van der Waals surface area contributed by atoms with Crippen molar-refractivity contribution in [2.75, 3.05) is 45.9 Å². The van der Waals surface area contributed by atoms with Gasteiger partial charge in [0.05, 0.1) is 4.90 Å². The van der Waals surface area contributed by atoms with Gasteiger partial charge in [0.2, 0.25) is 10.0 Å². The first-order chi connectivity index (χ1) is 12.1. The van der Waals surface area contributed by atoms with Gasteiger partial charge in [-0.1, -0.05) is 6.07 Å². The zero-order valence-electron chi connectivity index (χ0n) is 14.7. The molecule has 0 unspecified atom stereocenters. The molecule has 1 aliphatic rings. The number of rotatable bonds is 8. The molecule has 140 valence electrons. The van der Waals surface area contributed by atoms with Crippen molar-refractivity contribution >= 4 is 15.9 Å². The summed E-state index contributed by atoms with van der Waals surface area (Å²) in [6, 6.07) is 6.23. The van der Waals surface area contributed by atoms with Crippen LogP contribution >= 0.6 is 0 Å². The van der Waals surface area contributed by atoms with Crippen LogP contribution in [0.2, 0.25) is 0 Å². The standard InChI is InChI=1S/C17H27N3O4S/c1-2-24-13-5-9-19-17(21)15-6-3-7-16(14-15)25(22,23)20-11-4-8-18-10-12-20/h3,6-7,14,18H,2,4-5,8-13H2,1H3,(H,19,21). The summed E-state index contributed by atoms with van der Waals surface area (Å²) in [5.74, 6) is -0.272. The number of sulfonamides is 1. The van der Waals surface area contributed by atoms with Gasteiger partial charge in [0.1, 0.15) is 0 Å². The first-order valence-electron chi connectivity index (χ1n) is 8.72. The van der Waals surface area contributed by atoms with Gasteiger partial charge in [-0.15, -0.1) is 0 Å². The van der Waals surface area contributed by atoms with Crippen LogP contribution in [0.4, 0.5) is 0 Å². The molecule has 1 saturated heterocycles. The summed E-state index contributed by atoms with van der Waals surface area (Å²) in [6.07, 6.45) is 1.50. The van der Waals surface area contributed by atoms with Crippen molar-refractivity contribution in [2.45, 2.75) is 24.7 Å². The topological polar surface area (TPSA) is 87.7 Å². The summed E-state index contributed by atoms with van der Waals surface area (Å²) in [7, 11) is -3.58. The number of amides is 1. The Labute approximate surface area is 149 Å². The fourth-order valence-electron chi connectivity index (χ4n) is 2.63. The fraction of sp³-hybridized carbons (Fsp3) is 0.588. The Kier molecular flexibility index (Phi) is 7.83. The molecule has 7 nitrogen and oxygen atoms in total. The average molecular weight is 369 g/mol. The quantitative estimate of drug-likeness (QED) is 0.663. The third-order valence-electron chi connectivity index (χ3n) is 3.99. The Balaban J connectivity index is 2.03. The minimum Gasteiger partial charge on any atom is -0.382 e. The normalized spacial score (nSPS) is 16.4. The van der Waals surface area contributed by atoms with Crippen molar-refractivity contribution < 1.29 is 17.9 Å². The minimum absolute atomic E-state index is 0.163. The summed E-state index contributed by atoms with van der Waals surface area (Å²) >= 11 is 0. The molecule has 2 N–H and O–H groups in total. The maximum atomic E-state index is 12.8. The van der Waals surface area contributed by atoms with E-state index in [-0.39, 0.29) is 10.8 Å². The second kappa shape index (κ2) is 9.86. The molecule has 8 heteroatoms. The van der Waals surface area contributed by atoms with E-state index in [1.165, 1.54) is 10.4 Å². The Morgan fingerprint density at radius 1 is 1.32 bits per heavy atom. The van der Waals surface area contributed by atoms with Crippen molar-refractivity contribution in [1.82, 2.24) is 14.9 Å². The zero-order valence-corrected chi connectivity index (χ0v) is 15.5. The van der Waals surface area contributed by atoms with Crippen LogP contribution in [0.3, 0.4) is 0 Å². The Morgan fingerprint density at radius 3 is 2.96 bits per heavy atom. The molecule has 0 spiro atoms. The molecule has 0 aliphatic carbocycles. The van der Waals surface area contributed by atoms with E-state index in [0.29, 0.717) is 45.0 Å². The van der Waals surface area contributed by atoms with Crippen LogP contribution in [-0.2, 0) is 14.8 Å². The number of carbonyl (C=O) groups excluding carboxylic acids is 1. The summed E-state index contributed by atoms with van der Waals surface area (Å²) in [5.41, 5.74) is 0.352. The van der Waals surface area contributed by atoms with Gasteiger partial charge >= 0.3 is 0 Å². The lowest BCUT2D eigenvalue weighted by atomic mass is 10.2. The highest BCUT2D eigenvalue weighted by molar-refractivity contribution is 7.89. The van der Waals surface area contributed by atoms with Crippen LogP contribution in [0.5, 0.6) is 0 Å². The van der Waals surface area contributed by atoms with Crippen molar-refractivity contribution in [3.05, 3.63) is 29.8 Å². The van der Waals surface area contributed by atoms with Gasteiger partial charge in [0.25, 0.3) is 5.91 Å². The molecule has 0 atom stereocenters. The molecule has 2 rings (SSSR count). The van der Waals surface area contributed by atoms with E-state index >= 15 is 0 Å². The molecule has 0 saturated carbocycles. The third kappa shape index (κ3) is 5.78. The van der Waals surface area contributed by atoms with Gasteiger partial charge < -0.3 is 15.4 Å². The molecule has 1 aliphatic heterocycles. The van der Waals surface area contributed by atoms with Crippen molar-refractivity contribution in [2.24, 2.45) is 0 Å². The molecule has 1 amide bonds. The molecule has 0 aromatic heterocycles. The van der Waals surface area contributed by atoms with E-state index in [1.54, 1.807) is 18.2 Å². The van der Waals surface area contributed by atoms with Crippen LogP contribution in [0, 0.1) is 0 Å². The lowest BCUT2D eigenvalue weighted by molar-refractivity contribution is 0.0944. The number of carbonyl (C=O) groups is 1. The van der Waals surface area contributed by atoms with Gasteiger partial charge in [-0.25, -0.2) is 8.42 Å². The first-order valence-corrected chi connectivity index (χ1v) is 10.2. The fourth-order valence-corrected chi connectivity index (χ4v) is 4.16. The molecule has 1 aromatic carbocycles. The van der Waals surface area contributed by atoms with Gasteiger partial charge in [0, 0.05) is 45.0 Å². The van der Waals surface area contributed by atoms with E-state index in [0.717, 1.165) is 19.4 Å². The van der Waals surface area contributed by atoms with Gasteiger partial charge in [-0.2, -0.15) is 4.31 Å². The lowest BCUT2D eigenvalue weighted by Gasteiger charge is -2.20. The van der Waals surface area contributed by atoms with Crippen LogP contribution in [0.15, 0.2) is 29.2 Å². The molecular formula is C17H27N3O4S. The molecule has 0 bridgehead atoms. The predicted molar refractivity (Wildman–Crippen MR) is 96.1 cm³/mol. The Hall–Kier alpha value is -1.48. The van der Waals surface area contributed by atoms with Crippen LogP contribution in [0.25, 0.3) is 0 Å². The maximum absolute atomic E-state index is 12.8.